The lowest BCUT2D eigenvalue weighted by Crippen LogP contribution is -2.22. The first kappa shape index (κ1) is 11.9. The van der Waals surface area contributed by atoms with E-state index in [1.165, 1.54) is 0 Å². The van der Waals surface area contributed by atoms with E-state index < -0.39 is 35.3 Å². The Morgan fingerprint density at radius 2 is 1.82 bits per heavy atom. The van der Waals surface area contributed by atoms with Crippen molar-refractivity contribution in [2.45, 2.75) is 5.92 Å². The fourth-order valence-corrected chi connectivity index (χ4v) is 2.15. The van der Waals surface area contributed by atoms with Gasteiger partial charge in [0.1, 0.15) is 17.5 Å². The number of benzene rings is 1. The topological polar surface area (TPSA) is 49.3 Å². The molecule has 17 heavy (non-hydrogen) atoms. The number of rotatable bonds is 2. The summed E-state index contributed by atoms with van der Waals surface area (Å²) in [4.78, 5) is 10.9. The number of nitrogens with one attached hydrogen (secondary N) is 1. The van der Waals surface area contributed by atoms with Crippen LogP contribution in [0, 0.1) is 23.4 Å². The van der Waals surface area contributed by atoms with Crippen LogP contribution in [0.3, 0.4) is 0 Å². The molecule has 2 unspecified atom stereocenters. The van der Waals surface area contributed by atoms with Gasteiger partial charge in [0, 0.05) is 36.7 Å². The van der Waals surface area contributed by atoms with Gasteiger partial charge in [-0.25, -0.2) is 13.2 Å². The van der Waals surface area contributed by atoms with Gasteiger partial charge in [0.05, 0.1) is 5.92 Å². The molecule has 1 fully saturated rings. The van der Waals surface area contributed by atoms with Crippen molar-refractivity contribution >= 4 is 5.97 Å². The number of carbonyl (C=O) groups is 1. The predicted octanol–water partition coefficient (Wildman–Crippen LogP) is 1.49. The van der Waals surface area contributed by atoms with E-state index in [1.807, 2.05) is 0 Å². The van der Waals surface area contributed by atoms with Crippen LogP contribution in [-0.2, 0) is 4.79 Å². The van der Waals surface area contributed by atoms with Crippen molar-refractivity contribution < 1.29 is 23.1 Å². The standard InChI is InChI=1S/C11H10F3NO2/c12-5-1-8(13)10(9(14)2-5)6-3-15-4-7(6)11(16)17/h1-2,6-7,15H,3-4H2,(H,16,17). The van der Waals surface area contributed by atoms with Crippen molar-refractivity contribution in [3.8, 4) is 0 Å². The van der Waals surface area contributed by atoms with Crippen LogP contribution in [0.2, 0.25) is 0 Å². The molecule has 0 saturated carbocycles. The van der Waals surface area contributed by atoms with Gasteiger partial charge in [-0.3, -0.25) is 4.79 Å². The minimum atomic E-state index is -1.12. The summed E-state index contributed by atoms with van der Waals surface area (Å²) < 4.78 is 39.7. The van der Waals surface area contributed by atoms with Crippen LogP contribution in [0.25, 0.3) is 0 Å². The van der Waals surface area contributed by atoms with Gasteiger partial charge in [-0.1, -0.05) is 0 Å². The summed E-state index contributed by atoms with van der Waals surface area (Å²) in [5.74, 6) is -5.92. The van der Waals surface area contributed by atoms with Crippen LogP contribution < -0.4 is 5.32 Å². The predicted molar refractivity (Wildman–Crippen MR) is 53.1 cm³/mol. The van der Waals surface area contributed by atoms with Gasteiger partial charge in [-0.05, 0) is 0 Å². The van der Waals surface area contributed by atoms with Crippen molar-refractivity contribution in [1.29, 1.82) is 0 Å². The molecule has 1 aliphatic heterocycles. The molecule has 0 radical (unpaired) electrons. The van der Waals surface area contributed by atoms with Crippen molar-refractivity contribution in [2.75, 3.05) is 13.1 Å². The van der Waals surface area contributed by atoms with E-state index in [1.54, 1.807) is 0 Å². The molecule has 0 amide bonds. The zero-order valence-corrected chi connectivity index (χ0v) is 8.71. The largest absolute Gasteiger partial charge is 0.481 e. The lowest BCUT2D eigenvalue weighted by molar-refractivity contribution is -0.141. The molecule has 1 aromatic rings. The van der Waals surface area contributed by atoms with Crippen LogP contribution in [0.4, 0.5) is 13.2 Å². The third-order valence-corrected chi connectivity index (χ3v) is 2.95. The second kappa shape index (κ2) is 4.37. The van der Waals surface area contributed by atoms with Gasteiger partial charge in [0.15, 0.2) is 0 Å². The normalized spacial score (nSPS) is 23.9. The molecule has 1 saturated heterocycles. The Kier molecular flexibility index (Phi) is 3.06. The first-order valence-corrected chi connectivity index (χ1v) is 5.08. The second-order valence-corrected chi connectivity index (χ2v) is 3.99. The summed E-state index contributed by atoms with van der Waals surface area (Å²) in [6.07, 6.45) is 0. The molecule has 2 rings (SSSR count). The maximum atomic E-state index is 13.5. The number of aliphatic carboxylic acids is 1. The number of hydrogen-bond donors (Lipinski definition) is 2. The van der Waals surface area contributed by atoms with Gasteiger partial charge >= 0.3 is 5.97 Å². The minimum Gasteiger partial charge on any atom is -0.481 e. The molecule has 0 aromatic heterocycles. The van der Waals surface area contributed by atoms with Gasteiger partial charge < -0.3 is 10.4 Å². The Balaban J connectivity index is 2.43. The first-order chi connectivity index (χ1) is 8.00. The van der Waals surface area contributed by atoms with E-state index >= 15 is 0 Å². The fourth-order valence-electron chi connectivity index (χ4n) is 2.15. The highest BCUT2D eigenvalue weighted by Gasteiger charge is 2.37. The second-order valence-electron chi connectivity index (χ2n) is 3.99. The van der Waals surface area contributed by atoms with Crippen LogP contribution >= 0.6 is 0 Å². The summed E-state index contributed by atoms with van der Waals surface area (Å²) in [5, 5.41) is 11.7. The quantitative estimate of drug-likeness (QED) is 0.830. The molecule has 0 aliphatic carbocycles. The molecule has 2 atom stereocenters. The van der Waals surface area contributed by atoms with Gasteiger partial charge in [0.25, 0.3) is 0 Å². The number of hydrogen-bond acceptors (Lipinski definition) is 2. The van der Waals surface area contributed by atoms with Crippen molar-refractivity contribution in [1.82, 2.24) is 5.32 Å². The van der Waals surface area contributed by atoms with Gasteiger partial charge in [-0.2, -0.15) is 0 Å². The third-order valence-electron chi connectivity index (χ3n) is 2.95. The lowest BCUT2D eigenvalue weighted by atomic mass is 9.88. The molecule has 0 bridgehead atoms. The Morgan fingerprint density at radius 3 is 2.35 bits per heavy atom. The highest BCUT2D eigenvalue weighted by atomic mass is 19.1. The van der Waals surface area contributed by atoms with E-state index in [0.717, 1.165) is 0 Å². The highest BCUT2D eigenvalue weighted by Crippen LogP contribution is 2.32. The van der Waals surface area contributed by atoms with E-state index in [9.17, 15) is 18.0 Å². The molecule has 92 valence electrons. The molecular weight excluding hydrogens is 235 g/mol. The molecule has 6 heteroatoms. The summed E-state index contributed by atoms with van der Waals surface area (Å²) in [5.41, 5.74) is -0.358. The minimum absolute atomic E-state index is 0.149. The molecule has 1 aromatic carbocycles. The van der Waals surface area contributed by atoms with Crippen LogP contribution in [0.5, 0.6) is 0 Å². The summed E-state index contributed by atoms with van der Waals surface area (Å²) in [6, 6.07) is 1.13. The van der Waals surface area contributed by atoms with Crippen molar-refractivity contribution in [3.63, 3.8) is 0 Å². The highest BCUT2D eigenvalue weighted by molar-refractivity contribution is 5.72. The zero-order chi connectivity index (χ0) is 12.6. The van der Waals surface area contributed by atoms with E-state index in [2.05, 4.69) is 5.32 Å². The molecule has 1 heterocycles. The van der Waals surface area contributed by atoms with Crippen molar-refractivity contribution in [3.05, 3.63) is 35.1 Å². The van der Waals surface area contributed by atoms with Crippen LogP contribution in [0.1, 0.15) is 11.5 Å². The molecule has 3 nitrogen and oxygen atoms in total. The van der Waals surface area contributed by atoms with Gasteiger partial charge in [-0.15, -0.1) is 0 Å². The Hall–Kier alpha value is -1.56. The maximum absolute atomic E-state index is 13.5. The van der Waals surface area contributed by atoms with E-state index in [4.69, 9.17) is 5.11 Å². The summed E-state index contributed by atoms with van der Waals surface area (Å²) in [7, 11) is 0. The molecular formula is C11H10F3NO2. The lowest BCUT2D eigenvalue weighted by Gasteiger charge is -2.16. The fraction of sp³-hybridized carbons (Fsp3) is 0.364. The van der Waals surface area contributed by atoms with Crippen LogP contribution in [0.15, 0.2) is 12.1 Å². The van der Waals surface area contributed by atoms with Crippen molar-refractivity contribution in [2.24, 2.45) is 5.92 Å². The van der Waals surface area contributed by atoms with E-state index in [-0.39, 0.29) is 18.7 Å². The monoisotopic (exact) mass is 245 g/mol. The number of carboxylic acids is 1. The van der Waals surface area contributed by atoms with Crippen LogP contribution in [-0.4, -0.2) is 24.2 Å². The molecule has 1 aliphatic rings. The molecule has 2 N–H and O–H groups in total. The Labute approximate surface area is 95.3 Å². The zero-order valence-electron chi connectivity index (χ0n) is 8.71. The SMILES string of the molecule is O=C(O)C1CNCC1c1c(F)cc(F)cc1F. The number of halogens is 3. The molecule has 0 spiro atoms. The first-order valence-electron chi connectivity index (χ1n) is 5.08. The Bertz CT molecular complexity index is 441. The van der Waals surface area contributed by atoms with E-state index in [0.29, 0.717) is 12.1 Å². The average Bonchev–Trinajstić information content (AvgIpc) is 2.64. The smallest absolute Gasteiger partial charge is 0.308 e. The average molecular weight is 245 g/mol. The number of carboxylic acid groups (broad SMARTS) is 1. The summed E-state index contributed by atoms with van der Waals surface area (Å²) >= 11 is 0. The third kappa shape index (κ3) is 2.12. The summed E-state index contributed by atoms with van der Waals surface area (Å²) in [6.45, 7) is 0.312. The van der Waals surface area contributed by atoms with Gasteiger partial charge in [0.2, 0.25) is 0 Å². The Morgan fingerprint density at radius 1 is 1.24 bits per heavy atom. The maximum Gasteiger partial charge on any atom is 0.308 e.